The molecule has 0 spiro atoms. The summed E-state index contributed by atoms with van der Waals surface area (Å²) < 4.78 is 24.7. The maximum Gasteiger partial charge on any atom is 0.256 e. The van der Waals surface area contributed by atoms with E-state index in [1.54, 1.807) is 29.8 Å². The molecule has 1 unspecified atom stereocenters. The molecule has 0 saturated carbocycles. The lowest BCUT2D eigenvalue weighted by Crippen LogP contribution is -2.27. The molecule has 1 N–H and O–H groups in total. The Kier molecular flexibility index (Phi) is 6.55. The van der Waals surface area contributed by atoms with Crippen molar-refractivity contribution < 1.29 is 13.2 Å². The minimum atomic E-state index is -3.27. The van der Waals surface area contributed by atoms with Gasteiger partial charge in [0.15, 0.2) is 9.84 Å². The van der Waals surface area contributed by atoms with E-state index >= 15 is 0 Å². The third-order valence-corrected chi connectivity index (χ3v) is 6.61. The lowest BCUT2D eigenvalue weighted by molar-refractivity contribution is 0.0939. The number of nitrogens with zero attached hydrogens (tertiary/aromatic N) is 2. The van der Waals surface area contributed by atoms with Crippen LogP contribution in [-0.4, -0.2) is 30.4 Å². The van der Waals surface area contributed by atoms with Gasteiger partial charge in [-0.05, 0) is 43.2 Å². The summed E-state index contributed by atoms with van der Waals surface area (Å²) in [7, 11) is -3.27. The summed E-state index contributed by atoms with van der Waals surface area (Å²) in [4.78, 5) is 13.1. The molecule has 9 heteroatoms. The first-order valence-electron chi connectivity index (χ1n) is 9.15. The van der Waals surface area contributed by atoms with Crippen molar-refractivity contribution in [2.45, 2.75) is 31.3 Å². The first kappa shape index (κ1) is 22.3. The van der Waals surface area contributed by atoms with Crippen molar-refractivity contribution in [3.63, 3.8) is 0 Å². The summed E-state index contributed by atoms with van der Waals surface area (Å²) in [5, 5.41) is 8.10. The highest BCUT2D eigenvalue weighted by molar-refractivity contribution is 7.90. The van der Waals surface area contributed by atoms with Crippen LogP contribution in [0.25, 0.3) is 0 Å². The molecule has 158 valence electrons. The van der Waals surface area contributed by atoms with E-state index in [1.807, 2.05) is 25.1 Å². The molecule has 3 rings (SSSR count). The van der Waals surface area contributed by atoms with Crippen molar-refractivity contribution in [1.82, 2.24) is 15.1 Å². The lowest BCUT2D eigenvalue weighted by Gasteiger charge is -2.15. The molecule has 0 saturated heterocycles. The molecule has 2 aromatic carbocycles. The molecule has 1 atom stereocenters. The molecule has 1 aromatic heterocycles. The number of carbonyl (C=O) groups is 1. The molecular weight excluding hydrogens is 445 g/mol. The maximum atomic E-state index is 12.9. The summed E-state index contributed by atoms with van der Waals surface area (Å²) in [6, 6.07) is 13.4. The van der Waals surface area contributed by atoms with Crippen LogP contribution >= 0.6 is 23.2 Å². The van der Waals surface area contributed by atoms with E-state index in [0.717, 1.165) is 17.4 Å². The molecule has 6 nitrogen and oxygen atoms in total. The molecule has 3 aromatic rings. The van der Waals surface area contributed by atoms with Crippen molar-refractivity contribution in [3.8, 4) is 0 Å². The van der Waals surface area contributed by atoms with E-state index in [9.17, 15) is 13.2 Å². The molecule has 1 heterocycles. The van der Waals surface area contributed by atoms with E-state index in [2.05, 4.69) is 10.4 Å². The summed E-state index contributed by atoms with van der Waals surface area (Å²) in [5.74, 6) is -0.359. The second kappa shape index (κ2) is 8.79. The zero-order valence-corrected chi connectivity index (χ0v) is 19.0. The molecule has 0 aliphatic carbocycles. The van der Waals surface area contributed by atoms with Gasteiger partial charge in [0.25, 0.3) is 5.91 Å². The number of aryl methyl sites for hydroxylation is 1. The number of nitrogens with one attached hydrogen (secondary N) is 1. The maximum absolute atomic E-state index is 12.9. The quantitative estimate of drug-likeness (QED) is 0.583. The zero-order valence-electron chi connectivity index (χ0n) is 16.7. The number of rotatable bonds is 6. The molecule has 0 aliphatic rings. The van der Waals surface area contributed by atoms with Crippen LogP contribution in [0.1, 0.15) is 40.1 Å². The van der Waals surface area contributed by atoms with Gasteiger partial charge in [-0.15, -0.1) is 0 Å². The second-order valence-corrected chi connectivity index (χ2v) is 9.82. The van der Waals surface area contributed by atoms with Gasteiger partial charge in [-0.25, -0.2) is 13.1 Å². The third-order valence-electron chi connectivity index (χ3n) is 4.73. The molecule has 0 bridgehead atoms. The molecule has 0 radical (unpaired) electrons. The predicted molar refractivity (Wildman–Crippen MR) is 118 cm³/mol. The SMILES string of the molecule is Cc1nn(Cc2ccccc2Cl)c(Cl)c1C(=O)NC(C)c1ccc(S(C)(=O)=O)cc1. The fourth-order valence-corrected chi connectivity index (χ4v) is 4.21. The van der Waals surface area contributed by atoms with Crippen LogP contribution in [0.15, 0.2) is 53.4 Å². The van der Waals surface area contributed by atoms with E-state index < -0.39 is 9.84 Å². The van der Waals surface area contributed by atoms with Crippen molar-refractivity contribution in [2.75, 3.05) is 6.26 Å². The Morgan fingerprint density at radius 1 is 1.13 bits per heavy atom. The summed E-state index contributed by atoms with van der Waals surface area (Å²) in [6.45, 7) is 3.87. The average molecular weight is 466 g/mol. The third kappa shape index (κ3) is 4.86. The molecular formula is C21H21Cl2N3O3S. The van der Waals surface area contributed by atoms with Crippen molar-refractivity contribution >= 4 is 38.9 Å². The van der Waals surface area contributed by atoms with Crippen LogP contribution in [0.4, 0.5) is 0 Å². The Bertz CT molecular complexity index is 1190. The number of amides is 1. The van der Waals surface area contributed by atoms with Gasteiger partial charge in [0, 0.05) is 11.3 Å². The van der Waals surface area contributed by atoms with Crippen LogP contribution < -0.4 is 5.32 Å². The van der Waals surface area contributed by atoms with Gasteiger partial charge in [0.05, 0.1) is 28.7 Å². The Morgan fingerprint density at radius 3 is 2.37 bits per heavy atom. The number of aromatic nitrogens is 2. The Labute approximate surface area is 185 Å². The fourth-order valence-electron chi connectivity index (χ4n) is 3.06. The normalized spacial score (nSPS) is 12.6. The number of sulfone groups is 1. The van der Waals surface area contributed by atoms with Gasteiger partial charge in [0.1, 0.15) is 5.15 Å². The fraction of sp³-hybridized carbons (Fsp3) is 0.238. The van der Waals surface area contributed by atoms with E-state index in [0.29, 0.717) is 22.8 Å². The van der Waals surface area contributed by atoms with E-state index in [4.69, 9.17) is 23.2 Å². The van der Waals surface area contributed by atoms with Crippen LogP contribution in [0.2, 0.25) is 10.2 Å². The summed E-state index contributed by atoms with van der Waals surface area (Å²) >= 11 is 12.7. The summed E-state index contributed by atoms with van der Waals surface area (Å²) in [5.41, 5.74) is 2.41. The van der Waals surface area contributed by atoms with Crippen molar-refractivity contribution in [3.05, 3.63) is 81.1 Å². The number of carbonyl (C=O) groups excluding carboxylic acids is 1. The van der Waals surface area contributed by atoms with Gasteiger partial charge in [-0.3, -0.25) is 4.79 Å². The topological polar surface area (TPSA) is 81.1 Å². The van der Waals surface area contributed by atoms with E-state index in [1.165, 1.54) is 12.1 Å². The van der Waals surface area contributed by atoms with Crippen molar-refractivity contribution in [2.24, 2.45) is 0 Å². The van der Waals surface area contributed by atoms with E-state index in [-0.39, 0.29) is 22.0 Å². The number of benzene rings is 2. The highest BCUT2D eigenvalue weighted by atomic mass is 35.5. The number of hydrogen-bond donors (Lipinski definition) is 1. The van der Waals surface area contributed by atoms with Crippen molar-refractivity contribution in [1.29, 1.82) is 0 Å². The minimum Gasteiger partial charge on any atom is -0.345 e. The van der Waals surface area contributed by atoms with Crippen LogP contribution in [0.3, 0.4) is 0 Å². The van der Waals surface area contributed by atoms with Crippen LogP contribution in [0.5, 0.6) is 0 Å². The molecule has 1 amide bonds. The highest BCUT2D eigenvalue weighted by Crippen LogP contribution is 2.24. The van der Waals surface area contributed by atoms with Gasteiger partial charge < -0.3 is 5.32 Å². The Morgan fingerprint density at radius 2 is 1.77 bits per heavy atom. The first-order valence-corrected chi connectivity index (χ1v) is 11.8. The smallest absolute Gasteiger partial charge is 0.256 e. The van der Waals surface area contributed by atoms with Crippen LogP contribution in [0, 0.1) is 6.92 Å². The van der Waals surface area contributed by atoms with Gasteiger partial charge >= 0.3 is 0 Å². The van der Waals surface area contributed by atoms with Gasteiger partial charge in [-0.1, -0.05) is 53.5 Å². The Balaban J connectivity index is 1.78. The lowest BCUT2D eigenvalue weighted by atomic mass is 10.1. The highest BCUT2D eigenvalue weighted by Gasteiger charge is 2.22. The predicted octanol–water partition coefficient (Wildman–Crippen LogP) is 4.44. The number of hydrogen-bond acceptors (Lipinski definition) is 4. The Hall–Kier alpha value is -2.35. The standard InChI is InChI=1S/C21H21Cl2N3O3S/c1-13(15-8-10-17(11-9-15)30(3,28)29)24-21(27)19-14(2)25-26(20(19)23)12-16-6-4-5-7-18(16)22/h4-11,13H,12H2,1-3H3,(H,24,27). The number of halogens is 2. The van der Waals surface area contributed by atoms with Gasteiger partial charge in [0.2, 0.25) is 0 Å². The van der Waals surface area contributed by atoms with Crippen LogP contribution in [-0.2, 0) is 16.4 Å². The largest absolute Gasteiger partial charge is 0.345 e. The molecule has 0 fully saturated rings. The summed E-state index contributed by atoms with van der Waals surface area (Å²) in [6.07, 6.45) is 1.15. The zero-order chi connectivity index (χ0) is 22.1. The molecule has 0 aliphatic heterocycles. The minimum absolute atomic E-state index is 0.226. The average Bonchev–Trinajstić information content (AvgIpc) is 2.96. The van der Waals surface area contributed by atoms with Gasteiger partial charge in [-0.2, -0.15) is 5.10 Å². The first-order chi connectivity index (χ1) is 14.1. The monoisotopic (exact) mass is 465 g/mol. The molecule has 30 heavy (non-hydrogen) atoms. The second-order valence-electron chi connectivity index (χ2n) is 7.04.